The van der Waals surface area contributed by atoms with Gasteiger partial charge in [-0.3, -0.25) is 9.78 Å². The summed E-state index contributed by atoms with van der Waals surface area (Å²) in [6, 6.07) is 19.6. The summed E-state index contributed by atoms with van der Waals surface area (Å²) in [5.41, 5.74) is 4.88. The van der Waals surface area contributed by atoms with Crippen molar-refractivity contribution >= 4 is 17.9 Å². The van der Waals surface area contributed by atoms with Crippen molar-refractivity contribution < 1.29 is 4.79 Å². The van der Waals surface area contributed by atoms with Crippen LogP contribution in [-0.2, 0) is 0 Å². The minimum atomic E-state index is 0.0605. The minimum Gasteiger partial charge on any atom is -0.289 e. The number of hydrogen-bond acceptors (Lipinski definition) is 2. The van der Waals surface area contributed by atoms with E-state index in [0.717, 1.165) is 23.1 Å². The predicted octanol–water partition coefficient (Wildman–Crippen LogP) is 6.00. The van der Waals surface area contributed by atoms with Gasteiger partial charge in [0.15, 0.2) is 5.78 Å². The normalized spacial score (nSPS) is 12.2. The third kappa shape index (κ3) is 4.34. The molecule has 3 aromatic rings. The highest BCUT2D eigenvalue weighted by atomic mass is 16.1. The molecule has 1 heterocycles. The molecule has 2 aromatic carbocycles. The third-order valence-electron chi connectivity index (χ3n) is 4.70. The maximum absolute atomic E-state index is 12.7. The van der Waals surface area contributed by atoms with Gasteiger partial charge in [-0.1, -0.05) is 74.5 Å². The molecular formula is C24H23NO. The molecule has 0 bridgehead atoms. The molecule has 2 nitrogen and oxygen atoms in total. The summed E-state index contributed by atoms with van der Waals surface area (Å²) in [7, 11) is 0. The number of rotatable bonds is 6. The van der Waals surface area contributed by atoms with E-state index in [2.05, 4.69) is 31.0 Å². The van der Waals surface area contributed by atoms with E-state index in [4.69, 9.17) is 0 Å². The van der Waals surface area contributed by atoms with Gasteiger partial charge < -0.3 is 0 Å². The Morgan fingerprint density at radius 2 is 1.35 bits per heavy atom. The quantitative estimate of drug-likeness (QED) is 0.515. The highest BCUT2D eigenvalue weighted by Gasteiger charge is 2.10. The number of pyridine rings is 1. The Morgan fingerprint density at radius 1 is 0.846 bits per heavy atom. The number of aromatic nitrogens is 1. The first kappa shape index (κ1) is 17.8. The van der Waals surface area contributed by atoms with Crippen LogP contribution in [0.3, 0.4) is 0 Å². The van der Waals surface area contributed by atoms with Crippen molar-refractivity contribution in [3.63, 3.8) is 0 Å². The van der Waals surface area contributed by atoms with Crippen molar-refractivity contribution in [1.29, 1.82) is 0 Å². The van der Waals surface area contributed by atoms with E-state index in [1.165, 1.54) is 5.56 Å². The maximum Gasteiger partial charge on any atom is 0.193 e. The van der Waals surface area contributed by atoms with Crippen LogP contribution in [0, 0.1) is 0 Å². The summed E-state index contributed by atoms with van der Waals surface area (Å²) in [5, 5.41) is 0. The monoisotopic (exact) mass is 341 g/mol. The first-order valence-corrected chi connectivity index (χ1v) is 9.00. The zero-order valence-corrected chi connectivity index (χ0v) is 15.2. The van der Waals surface area contributed by atoms with Crippen LogP contribution in [0.25, 0.3) is 12.2 Å². The fourth-order valence-corrected chi connectivity index (χ4v) is 2.78. The van der Waals surface area contributed by atoms with Gasteiger partial charge in [0.25, 0.3) is 0 Å². The molecule has 0 N–H and O–H groups in total. The Morgan fingerprint density at radius 3 is 1.88 bits per heavy atom. The molecule has 0 aliphatic carbocycles. The molecule has 0 amide bonds. The topological polar surface area (TPSA) is 30.0 Å². The maximum atomic E-state index is 12.7. The van der Waals surface area contributed by atoms with Gasteiger partial charge in [-0.05, 0) is 41.2 Å². The van der Waals surface area contributed by atoms with E-state index in [9.17, 15) is 4.79 Å². The summed E-state index contributed by atoms with van der Waals surface area (Å²) in [6.45, 7) is 4.38. The van der Waals surface area contributed by atoms with E-state index >= 15 is 0 Å². The van der Waals surface area contributed by atoms with Gasteiger partial charge in [0.1, 0.15) is 0 Å². The molecule has 0 spiro atoms. The fraction of sp³-hybridized carbons (Fsp3) is 0.167. The zero-order valence-electron chi connectivity index (χ0n) is 15.2. The highest BCUT2D eigenvalue weighted by Crippen LogP contribution is 2.20. The number of carbonyl (C=O) groups is 1. The number of ketones is 1. The Hall–Kier alpha value is -3.00. The molecular weight excluding hydrogens is 318 g/mol. The molecule has 0 saturated heterocycles. The van der Waals surface area contributed by atoms with Crippen molar-refractivity contribution in [2.45, 2.75) is 26.2 Å². The van der Waals surface area contributed by atoms with Crippen LogP contribution in [0.2, 0.25) is 0 Å². The smallest absolute Gasteiger partial charge is 0.193 e. The van der Waals surface area contributed by atoms with Crippen molar-refractivity contribution in [3.8, 4) is 0 Å². The summed E-state index contributed by atoms with van der Waals surface area (Å²) in [5.74, 6) is 0.580. The van der Waals surface area contributed by atoms with Gasteiger partial charge in [-0.25, -0.2) is 0 Å². The second-order valence-electron chi connectivity index (χ2n) is 6.50. The molecule has 0 fully saturated rings. The van der Waals surface area contributed by atoms with Gasteiger partial charge >= 0.3 is 0 Å². The first-order chi connectivity index (χ1) is 12.7. The number of benzene rings is 2. The average Bonchev–Trinajstić information content (AvgIpc) is 2.72. The second-order valence-corrected chi connectivity index (χ2v) is 6.50. The van der Waals surface area contributed by atoms with Crippen LogP contribution in [-0.4, -0.2) is 10.8 Å². The van der Waals surface area contributed by atoms with Crippen molar-refractivity contribution in [2.75, 3.05) is 0 Å². The predicted molar refractivity (Wildman–Crippen MR) is 108 cm³/mol. The van der Waals surface area contributed by atoms with Crippen LogP contribution >= 0.6 is 0 Å². The Balaban J connectivity index is 1.71. The molecule has 2 heteroatoms. The Bertz CT molecular complexity index is 878. The Labute approximate surface area is 155 Å². The molecule has 0 radical (unpaired) electrons. The third-order valence-corrected chi connectivity index (χ3v) is 4.70. The Kier molecular flexibility index (Phi) is 5.75. The van der Waals surface area contributed by atoms with Crippen LogP contribution in [0.15, 0.2) is 73.1 Å². The SMILES string of the molecule is CCC(C)c1ccc(C(=O)c2ccc(C=Cc3ccncc3)cc2)cc1. The molecule has 1 aromatic heterocycles. The van der Waals surface area contributed by atoms with Crippen molar-refractivity contribution in [3.05, 3.63) is 101 Å². The van der Waals surface area contributed by atoms with Crippen LogP contribution < -0.4 is 0 Å². The number of hydrogen-bond donors (Lipinski definition) is 0. The van der Waals surface area contributed by atoms with Gasteiger partial charge in [0.05, 0.1) is 0 Å². The molecule has 0 aliphatic rings. The number of carbonyl (C=O) groups excluding carboxylic acids is 1. The lowest BCUT2D eigenvalue weighted by molar-refractivity contribution is 0.103. The van der Waals surface area contributed by atoms with Crippen molar-refractivity contribution in [1.82, 2.24) is 4.98 Å². The molecule has 3 rings (SSSR count). The van der Waals surface area contributed by atoms with E-state index in [0.29, 0.717) is 11.5 Å². The van der Waals surface area contributed by atoms with Crippen LogP contribution in [0.4, 0.5) is 0 Å². The molecule has 1 unspecified atom stereocenters. The van der Waals surface area contributed by atoms with Crippen LogP contribution in [0.5, 0.6) is 0 Å². The minimum absolute atomic E-state index is 0.0605. The largest absolute Gasteiger partial charge is 0.289 e. The van der Waals surface area contributed by atoms with E-state index in [-0.39, 0.29) is 5.78 Å². The summed E-state index contributed by atoms with van der Waals surface area (Å²) < 4.78 is 0. The highest BCUT2D eigenvalue weighted by molar-refractivity contribution is 6.09. The molecule has 130 valence electrons. The average molecular weight is 341 g/mol. The molecule has 26 heavy (non-hydrogen) atoms. The molecule has 0 saturated carbocycles. The van der Waals surface area contributed by atoms with E-state index in [1.807, 2.05) is 60.7 Å². The van der Waals surface area contributed by atoms with Crippen LogP contribution in [0.1, 0.15) is 58.8 Å². The summed E-state index contributed by atoms with van der Waals surface area (Å²) >= 11 is 0. The van der Waals surface area contributed by atoms with E-state index < -0.39 is 0 Å². The summed E-state index contributed by atoms with van der Waals surface area (Å²) in [6.07, 6.45) is 8.71. The fourth-order valence-electron chi connectivity index (χ4n) is 2.78. The summed E-state index contributed by atoms with van der Waals surface area (Å²) in [4.78, 5) is 16.7. The first-order valence-electron chi connectivity index (χ1n) is 9.00. The lowest BCUT2D eigenvalue weighted by Crippen LogP contribution is -2.02. The lowest BCUT2D eigenvalue weighted by Gasteiger charge is -2.09. The standard InChI is InChI=1S/C24H23NO/c1-3-18(2)21-10-12-23(13-11-21)24(26)22-8-6-19(7-9-22)4-5-20-14-16-25-17-15-20/h4-18H,3H2,1-2H3. The van der Waals surface area contributed by atoms with Crippen molar-refractivity contribution in [2.24, 2.45) is 0 Å². The second kappa shape index (κ2) is 8.39. The molecule has 0 aliphatic heterocycles. The number of nitrogens with zero attached hydrogens (tertiary/aromatic N) is 1. The zero-order chi connectivity index (χ0) is 18.4. The lowest BCUT2D eigenvalue weighted by atomic mass is 9.95. The van der Waals surface area contributed by atoms with Gasteiger partial charge in [-0.2, -0.15) is 0 Å². The van der Waals surface area contributed by atoms with Gasteiger partial charge in [0.2, 0.25) is 0 Å². The van der Waals surface area contributed by atoms with Gasteiger partial charge in [0, 0.05) is 23.5 Å². The molecule has 1 atom stereocenters. The van der Waals surface area contributed by atoms with E-state index in [1.54, 1.807) is 12.4 Å². The van der Waals surface area contributed by atoms with Gasteiger partial charge in [-0.15, -0.1) is 0 Å².